The molecule has 0 aromatic heterocycles. The molecule has 1 fully saturated rings. The van der Waals surface area contributed by atoms with Crippen molar-refractivity contribution in [2.75, 3.05) is 12.0 Å². The van der Waals surface area contributed by atoms with Gasteiger partial charge in [-0.3, -0.25) is 19.2 Å². The number of carboxylic acids is 4. The number of hydrogen-bond acceptors (Lipinski definition) is 9. The SMILES string of the molecule is CSCC[C@@H](NS(=O)(=O)c1ccc(C2[C@H](C(=O)O)C(c3ccc(S(=O)(=O)N[C@@H](CC(C)C)C(=O)O)cc3)[C@H]2C(=O)O)cc1)C(=O)O. The summed E-state index contributed by atoms with van der Waals surface area (Å²) in [5.74, 6) is -9.74. The van der Waals surface area contributed by atoms with Crippen molar-refractivity contribution >= 4 is 55.7 Å². The Kier molecular flexibility index (Phi) is 12.0. The van der Waals surface area contributed by atoms with Gasteiger partial charge >= 0.3 is 23.9 Å². The number of nitrogens with one attached hydrogen (secondary N) is 2. The van der Waals surface area contributed by atoms with Crippen molar-refractivity contribution in [1.29, 1.82) is 0 Å². The number of aliphatic carboxylic acids is 4. The highest BCUT2D eigenvalue weighted by atomic mass is 32.2. The molecule has 1 aliphatic carbocycles. The van der Waals surface area contributed by atoms with Crippen LogP contribution in [0.15, 0.2) is 58.3 Å². The Morgan fingerprint density at radius 1 is 0.696 bits per heavy atom. The van der Waals surface area contributed by atoms with Crippen molar-refractivity contribution in [3.8, 4) is 0 Å². The molecular formula is C29H36N2O12S3. The topological polar surface area (TPSA) is 242 Å². The maximum atomic E-state index is 12.9. The predicted octanol–water partition coefficient (Wildman–Crippen LogP) is 2.23. The summed E-state index contributed by atoms with van der Waals surface area (Å²) in [5.41, 5.74) is 0.473. The highest BCUT2D eigenvalue weighted by Crippen LogP contribution is 2.57. The van der Waals surface area contributed by atoms with Crippen molar-refractivity contribution < 1.29 is 56.4 Å². The molecule has 0 radical (unpaired) electrons. The van der Waals surface area contributed by atoms with Crippen LogP contribution in [0.4, 0.5) is 0 Å². The Hall–Kier alpha value is -3.51. The highest BCUT2D eigenvalue weighted by Gasteiger charge is 2.58. The molecule has 0 unspecified atom stereocenters. The molecular weight excluding hydrogens is 665 g/mol. The van der Waals surface area contributed by atoms with Crippen LogP contribution in [0.1, 0.15) is 49.7 Å². The molecule has 0 bridgehead atoms. The summed E-state index contributed by atoms with van der Waals surface area (Å²) in [5, 5.41) is 39.0. The zero-order valence-corrected chi connectivity index (χ0v) is 27.5. The average molecular weight is 701 g/mol. The number of thioether (sulfide) groups is 1. The van der Waals surface area contributed by atoms with E-state index in [-0.39, 0.29) is 39.7 Å². The lowest BCUT2D eigenvalue weighted by Gasteiger charge is -2.48. The van der Waals surface area contributed by atoms with Gasteiger partial charge in [-0.05, 0) is 66.2 Å². The third-order valence-corrected chi connectivity index (χ3v) is 11.4. The van der Waals surface area contributed by atoms with E-state index in [1.165, 1.54) is 36.0 Å². The fourth-order valence-electron chi connectivity index (χ4n) is 5.58. The molecule has 2 aromatic carbocycles. The number of benzene rings is 2. The predicted molar refractivity (Wildman–Crippen MR) is 167 cm³/mol. The first-order chi connectivity index (χ1) is 21.4. The van der Waals surface area contributed by atoms with Crippen LogP contribution in [0.5, 0.6) is 0 Å². The Labute approximate surface area is 270 Å². The second kappa shape index (κ2) is 14.9. The molecule has 1 aliphatic rings. The van der Waals surface area contributed by atoms with Gasteiger partial charge in [0.25, 0.3) is 0 Å². The van der Waals surface area contributed by atoms with Gasteiger partial charge in [0.05, 0.1) is 21.6 Å². The van der Waals surface area contributed by atoms with Crippen molar-refractivity contribution in [1.82, 2.24) is 9.44 Å². The van der Waals surface area contributed by atoms with E-state index in [0.717, 1.165) is 24.3 Å². The zero-order valence-electron chi connectivity index (χ0n) is 25.1. The van der Waals surface area contributed by atoms with Gasteiger partial charge in [-0.1, -0.05) is 38.1 Å². The summed E-state index contributed by atoms with van der Waals surface area (Å²) < 4.78 is 55.7. The van der Waals surface area contributed by atoms with Crippen molar-refractivity contribution in [3.05, 3.63) is 59.7 Å². The molecule has 4 atom stereocenters. The summed E-state index contributed by atoms with van der Waals surface area (Å²) in [6, 6.07) is 6.99. The van der Waals surface area contributed by atoms with Gasteiger partial charge in [-0.2, -0.15) is 21.2 Å². The van der Waals surface area contributed by atoms with Crippen LogP contribution in [0.25, 0.3) is 0 Å². The molecule has 0 saturated heterocycles. The molecule has 0 aliphatic heterocycles. The highest BCUT2D eigenvalue weighted by molar-refractivity contribution is 7.98. The minimum absolute atomic E-state index is 0.0428. The van der Waals surface area contributed by atoms with Crippen LogP contribution < -0.4 is 9.44 Å². The normalized spacial score (nSPS) is 21.2. The van der Waals surface area contributed by atoms with E-state index >= 15 is 0 Å². The quantitative estimate of drug-likeness (QED) is 0.139. The summed E-state index contributed by atoms with van der Waals surface area (Å²) in [7, 11) is -8.55. The van der Waals surface area contributed by atoms with E-state index in [1.54, 1.807) is 20.1 Å². The molecule has 2 aromatic rings. The van der Waals surface area contributed by atoms with Gasteiger partial charge in [0, 0.05) is 11.8 Å². The van der Waals surface area contributed by atoms with E-state index in [2.05, 4.69) is 9.44 Å². The third-order valence-electron chi connectivity index (χ3n) is 7.78. The van der Waals surface area contributed by atoms with Crippen molar-refractivity contribution in [3.63, 3.8) is 0 Å². The minimum atomic E-state index is -4.28. The summed E-state index contributed by atoms with van der Waals surface area (Å²) in [4.78, 5) is 47.3. The first-order valence-corrected chi connectivity index (χ1v) is 18.4. The second-order valence-corrected chi connectivity index (χ2v) is 15.8. The monoisotopic (exact) mass is 700 g/mol. The number of rotatable bonds is 17. The van der Waals surface area contributed by atoms with Crippen LogP contribution in [-0.2, 0) is 39.2 Å². The molecule has 252 valence electrons. The molecule has 1 saturated carbocycles. The molecule has 46 heavy (non-hydrogen) atoms. The molecule has 3 rings (SSSR count). The lowest BCUT2D eigenvalue weighted by Crippen LogP contribution is -2.51. The number of carbonyl (C=O) groups is 4. The van der Waals surface area contributed by atoms with Crippen molar-refractivity contribution in [2.45, 2.75) is 60.4 Å². The Morgan fingerprint density at radius 2 is 1.07 bits per heavy atom. The molecule has 14 nitrogen and oxygen atoms in total. The largest absolute Gasteiger partial charge is 0.481 e. The maximum absolute atomic E-state index is 12.9. The van der Waals surface area contributed by atoms with Gasteiger partial charge in [-0.25, -0.2) is 16.8 Å². The number of hydrogen-bond donors (Lipinski definition) is 6. The number of carboxylic acid groups (broad SMARTS) is 4. The van der Waals surface area contributed by atoms with Gasteiger partial charge < -0.3 is 20.4 Å². The van der Waals surface area contributed by atoms with Crippen LogP contribution in [0, 0.1) is 17.8 Å². The van der Waals surface area contributed by atoms with Crippen LogP contribution in [0.2, 0.25) is 0 Å². The fraction of sp³-hybridized carbons (Fsp3) is 0.448. The fourth-order valence-corrected chi connectivity index (χ4v) is 8.48. The van der Waals surface area contributed by atoms with E-state index in [0.29, 0.717) is 5.75 Å². The van der Waals surface area contributed by atoms with Gasteiger partial charge in [-0.15, -0.1) is 0 Å². The zero-order chi connectivity index (χ0) is 34.6. The lowest BCUT2D eigenvalue weighted by molar-refractivity contribution is -0.160. The first-order valence-electron chi connectivity index (χ1n) is 14.1. The van der Waals surface area contributed by atoms with Gasteiger partial charge in [0.15, 0.2) is 0 Å². The first kappa shape index (κ1) is 37.0. The van der Waals surface area contributed by atoms with E-state index in [1.807, 2.05) is 0 Å². The van der Waals surface area contributed by atoms with Crippen LogP contribution >= 0.6 is 11.8 Å². The summed E-state index contributed by atoms with van der Waals surface area (Å²) in [6.07, 6.45) is 1.83. The van der Waals surface area contributed by atoms with E-state index < -0.39 is 79.7 Å². The standard InChI is InChI=1S/C29H36N2O12S3/c1-15(2)14-21(27(34)35)31-46(42,43)19-10-6-17(7-11-19)23-24(28(36)37)22(25(23)29(38)39)16-4-8-18(9-5-16)45(40,41)30-20(26(32)33)12-13-44-3/h4-11,15,20-25,30-31H,12-14H2,1-3H3,(H,32,33)(H,34,35)(H,36,37)(H,38,39)/t20-,21+,22?,23?,24+,25+/m1/s1. The Morgan fingerprint density at radius 3 is 1.37 bits per heavy atom. The molecule has 0 amide bonds. The Balaban J connectivity index is 1.88. The minimum Gasteiger partial charge on any atom is -0.481 e. The van der Waals surface area contributed by atoms with Gasteiger partial charge in [0.2, 0.25) is 20.0 Å². The van der Waals surface area contributed by atoms with E-state index in [9.17, 15) is 56.4 Å². The lowest BCUT2D eigenvalue weighted by atomic mass is 9.52. The molecule has 0 spiro atoms. The summed E-state index contributed by atoms with van der Waals surface area (Å²) in [6.45, 7) is 3.48. The smallest absolute Gasteiger partial charge is 0.321 e. The van der Waals surface area contributed by atoms with Gasteiger partial charge in [0.1, 0.15) is 12.1 Å². The average Bonchev–Trinajstić information content (AvgIpc) is 2.94. The Bertz CT molecular complexity index is 1640. The molecule has 17 heteroatoms. The summed E-state index contributed by atoms with van der Waals surface area (Å²) >= 11 is 1.35. The third kappa shape index (κ3) is 8.44. The van der Waals surface area contributed by atoms with E-state index in [4.69, 9.17) is 0 Å². The molecule has 0 heterocycles. The van der Waals surface area contributed by atoms with Crippen LogP contribution in [-0.4, -0.2) is 85.2 Å². The second-order valence-electron chi connectivity index (χ2n) is 11.4. The molecule has 6 N–H and O–H groups in total. The van der Waals surface area contributed by atoms with Crippen molar-refractivity contribution in [2.24, 2.45) is 17.8 Å². The van der Waals surface area contributed by atoms with Crippen LogP contribution in [0.3, 0.4) is 0 Å². The maximum Gasteiger partial charge on any atom is 0.321 e. The number of sulfonamides is 2.